The van der Waals surface area contributed by atoms with E-state index in [9.17, 15) is 9.18 Å². The highest BCUT2D eigenvalue weighted by Crippen LogP contribution is 2.13. The Morgan fingerprint density at radius 3 is 2.88 bits per heavy atom. The average molecular weight is 236 g/mol. The molecular weight excluding hydrogens is 223 g/mol. The Kier molecular flexibility index (Phi) is 4.61. The smallest absolute Gasteiger partial charge is 0.250 e. The lowest BCUT2D eigenvalue weighted by Gasteiger charge is -2.08. The summed E-state index contributed by atoms with van der Waals surface area (Å²) >= 11 is 0. The number of benzene rings is 1. The second-order valence-corrected chi connectivity index (χ2v) is 3.71. The first-order valence-electron chi connectivity index (χ1n) is 5.14. The summed E-state index contributed by atoms with van der Waals surface area (Å²) in [6, 6.07) is 5.51. The van der Waals surface area contributed by atoms with Crippen LogP contribution in [0.1, 0.15) is 19.4 Å². The van der Waals surface area contributed by atoms with Crippen molar-refractivity contribution in [1.29, 1.82) is 5.26 Å². The quantitative estimate of drug-likeness (QED) is 0.870. The molecule has 0 heterocycles. The zero-order chi connectivity index (χ0) is 12.8. The van der Waals surface area contributed by atoms with Crippen LogP contribution in [0.15, 0.2) is 18.2 Å². The molecule has 0 radical (unpaired) electrons. The van der Waals surface area contributed by atoms with Crippen molar-refractivity contribution in [2.24, 2.45) is 0 Å². The van der Waals surface area contributed by atoms with E-state index in [1.807, 2.05) is 13.8 Å². The van der Waals surface area contributed by atoms with Gasteiger partial charge in [-0.05, 0) is 32.0 Å². The first-order valence-corrected chi connectivity index (χ1v) is 5.14. The van der Waals surface area contributed by atoms with Gasteiger partial charge in [-0.3, -0.25) is 4.79 Å². The normalized spacial score (nSPS) is 10.1. The highest BCUT2D eigenvalue weighted by atomic mass is 19.1. The van der Waals surface area contributed by atoms with Crippen LogP contribution in [0.4, 0.5) is 10.1 Å². The molecule has 0 saturated heterocycles. The number of rotatable bonds is 4. The third-order valence-electron chi connectivity index (χ3n) is 1.92. The fourth-order valence-electron chi connectivity index (χ4n) is 1.13. The zero-order valence-corrected chi connectivity index (χ0v) is 9.66. The maximum atomic E-state index is 13.0. The van der Waals surface area contributed by atoms with Gasteiger partial charge in [0.2, 0.25) is 5.91 Å². The fraction of sp³-hybridized carbons (Fsp3) is 0.333. The third kappa shape index (κ3) is 4.21. The number of ether oxygens (including phenoxy) is 1. The van der Waals surface area contributed by atoms with Crippen LogP contribution in [0.5, 0.6) is 0 Å². The van der Waals surface area contributed by atoms with Crippen LogP contribution in [0.25, 0.3) is 0 Å². The van der Waals surface area contributed by atoms with Gasteiger partial charge in [0.25, 0.3) is 0 Å². The Morgan fingerprint density at radius 1 is 1.59 bits per heavy atom. The molecule has 0 bridgehead atoms. The predicted molar refractivity (Wildman–Crippen MR) is 60.8 cm³/mol. The molecule has 1 aromatic carbocycles. The average Bonchev–Trinajstić information content (AvgIpc) is 2.29. The molecule has 17 heavy (non-hydrogen) atoms. The Balaban J connectivity index is 2.63. The summed E-state index contributed by atoms with van der Waals surface area (Å²) < 4.78 is 18.1. The lowest BCUT2D eigenvalue weighted by Crippen LogP contribution is -2.20. The topological polar surface area (TPSA) is 62.1 Å². The predicted octanol–water partition coefficient (Wildman–Crippen LogP) is 2.06. The van der Waals surface area contributed by atoms with Crippen molar-refractivity contribution in [2.75, 3.05) is 11.9 Å². The molecule has 0 aromatic heterocycles. The fourth-order valence-corrected chi connectivity index (χ4v) is 1.13. The van der Waals surface area contributed by atoms with Crippen molar-refractivity contribution in [1.82, 2.24) is 0 Å². The first kappa shape index (κ1) is 13.1. The molecule has 1 N–H and O–H groups in total. The van der Waals surface area contributed by atoms with Crippen molar-refractivity contribution in [3.05, 3.63) is 29.6 Å². The van der Waals surface area contributed by atoms with Gasteiger partial charge in [0, 0.05) is 5.69 Å². The van der Waals surface area contributed by atoms with Crippen molar-refractivity contribution < 1.29 is 13.9 Å². The number of carbonyl (C=O) groups excluding carboxylic acids is 1. The number of nitriles is 1. The molecule has 0 aliphatic heterocycles. The van der Waals surface area contributed by atoms with Crippen LogP contribution in [-0.4, -0.2) is 18.6 Å². The second-order valence-electron chi connectivity index (χ2n) is 3.71. The van der Waals surface area contributed by atoms with Gasteiger partial charge >= 0.3 is 0 Å². The third-order valence-corrected chi connectivity index (χ3v) is 1.92. The van der Waals surface area contributed by atoms with Crippen molar-refractivity contribution in [3.8, 4) is 6.07 Å². The summed E-state index contributed by atoms with van der Waals surface area (Å²) in [4.78, 5) is 11.4. The lowest BCUT2D eigenvalue weighted by molar-refractivity contribution is -0.121. The molecule has 0 saturated carbocycles. The van der Waals surface area contributed by atoms with Crippen molar-refractivity contribution in [2.45, 2.75) is 20.0 Å². The van der Waals surface area contributed by atoms with Gasteiger partial charge in [-0.15, -0.1) is 0 Å². The summed E-state index contributed by atoms with van der Waals surface area (Å²) in [5, 5.41) is 11.1. The number of carbonyl (C=O) groups is 1. The maximum absolute atomic E-state index is 13.0. The van der Waals surface area contributed by atoms with E-state index in [4.69, 9.17) is 10.00 Å². The monoisotopic (exact) mass is 236 g/mol. The van der Waals surface area contributed by atoms with Crippen LogP contribution < -0.4 is 5.32 Å². The van der Waals surface area contributed by atoms with Crippen molar-refractivity contribution >= 4 is 11.6 Å². The summed E-state index contributed by atoms with van der Waals surface area (Å²) in [7, 11) is 0. The standard InChI is InChI=1S/C12H13FN2O2/c1-8(2)17-7-12(16)15-10-3-4-11(13)9(5-10)6-14/h3-5,8H,7H2,1-2H3,(H,15,16). The SMILES string of the molecule is CC(C)OCC(=O)Nc1ccc(F)c(C#N)c1. The molecule has 0 aliphatic rings. The van der Waals surface area contributed by atoms with E-state index in [-0.39, 0.29) is 24.2 Å². The van der Waals surface area contributed by atoms with Gasteiger partial charge in [0.05, 0.1) is 11.7 Å². The number of hydrogen-bond acceptors (Lipinski definition) is 3. The van der Waals surface area contributed by atoms with E-state index >= 15 is 0 Å². The second kappa shape index (κ2) is 5.97. The van der Waals surface area contributed by atoms with E-state index in [2.05, 4.69) is 5.32 Å². The number of amides is 1. The van der Waals surface area contributed by atoms with Gasteiger partial charge in [0.1, 0.15) is 18.5 Å². The number of anilines is 1. The zero-order valence-electron chi connectivity index (χ0n) is 9.66. The minimum Gasteiger partial charge on any atom is -0.369 e. The maximum Gasteiger partial charge on any atom is 0.250 e. The first-order chi connectivity index (χ1) is 8.02. The number of hydrogen-bond donors (Lipinski definition) is 1. The van der Waals surface area contributed by atoms with Gasteiger partial charge in [-0.1, -0.05) is 0 Å². The molecule has 0 aliphatic carbocycles. The van der Waals surface area contributed by atoms with Crippen LogP contribution >= 0.6 is 0 Å². The van der Waals surface area contributed by atoms with E-state index in [1.54, 1.807) is 6.07 Å². The molecule has 0 fully saturated rings. The van der Waals surface area contributed by atoms with E-state index < -0.39 is 5.82 Å². The summed E-state index contributed by atoms with van der Waals surface area (Å²) in [6.45, 7) is 3.56. The minimum absolute atomic E-state index is 0.0383. The van der Waals surface area contributed by atoms with Crippen molar-refractivity contribution in [3.63, 3.8) is 0 Å². The number of nitrogens with one attached hydrogen (secondary N) is 1. The van der Waals surface area contributed by atoms with E-state index in [1.165, 1.54) is 12.1 Å². The Morgan fingerprint density at radius 2 is 2.29 bits per heavy atom. The Hall–Kier alpha value is -1.93. The minimum atomic E-state index is -0.607. The molecule has 90 valence electrons. The summed E-state index contributed by atoms with van der Waals surface area (Å²) in [6.07, 6.45) is -0.0383. The van der Waals surface area contributed by atoms with Gasteiger partial charge < -0.3 is 10.1 Å². The summed E-state index contributed by atoms with van der Waals surface area (Å²) in [5.74, 6) is -0.946. The van der Waals surface area contributed by atoms with E-state index in [0.717, 1.165) is 6.07 Å². The van der Waals surface area contributed by atoms with Crippen LogP contribution in [-0.2, 0) is 9.53 Å². The van der Waals surface area contributed by atoms with Gasteiger partial charge in [-0.25, -0.2) is 4.39 Å². The van der Waals surface area contributed by atoms with Crippen LogP contribution in [0.3, 0.4) is 0 Å². The Labute approximate surface area is 99.0 Å². The molecule has 0 spiro atoms. The molecule has 5 heteroatoms. The largest absolute Gasteiger partial charge is 0.369 e. The molecule has 1 amide bonds. The molecule has 1 aromatic rings. The number of nitrogens with zero attached hydrogens (tertiary/aromatic N) is 1. The highest BCUT2D eigenvalue weighted by Gasteiger charge is 2.07. The van der Waals surface area contributed by atoms with Gasteiger partial charge in [0.15, 0.2) is 0 Å². The van der Waals surface area contributed by atoms with Gasteiger partial charge in [-0.2, -0.15) is 5.26 Å². The van der Waals surface area contributed by atoms with Crippen LogP contribution in [0, 0.1) is 17.1 Å². The highest BCUT2D eigenvalue weighted by molar-refractivity contribution is 5.91. The molecular formula is C12H13FN2O2. The Bertz CT molecular complexity index is 452. The molecule has 4 nitrogen and oxygen atoms in total. The van der Waals surface area contributed by atoms with E-state index in [0.29, 0.717) is 5.69 Å². The lowest BCUT2D eigenvalue weighted by atomic mass is 10.2. The molecule has 0 unspecified atom stereocenters. The molecule has 1 rings (SSSR count). The van der Waals surface area contributed by atoms with Crippen LogP contribution in [0.2, 0.25) is 0 Å². The molecule has 0 atom stereocenters. The number of halogens is 1. The summed E-state index contributed by atoms with van der Waals surface area (Å²) in [5.41, 5.74) is 0.271.